The summed E-state index contributed by atoms with van der Waals surface area (Å²) in [5.74, 6) is -0.448. The van der Waals surface area contributed by atoms with Crippen molar-refractivity contribution in [1.29, 1.82) is 0 Å². The quantitative estimate of drug-likeness (QED) is 0.869. The molecule has 3 rings (SSSR count). The van der Waals surface area contributed by atoms with Crippen molar-refractivity contribution in [3.63, 3.8) is 0 Å². The summed E-state index contributed by atoms with van der Waals surface area (Å²) in [6.45, 7) is 0. The molecule has 5 nitrogen and oxygen atoms in total. The number of carbonyl (C=O) groups is 1. The number of halogens is 2. The van der Waals surface area contributed by atoms with Crippen molar-refractivity contribution < 1.29 is 14.3 Å². The molecule has 0 aliphatic heterocycles. The predicted octanol–water partition coefficient (Wildman–Crippen LogP) is 2.38. The van der Waals surface area contributed by atoms with E-state index >= 15 is 0 Å². The minimum absolute atomic E-state index is 0.0746. The molecule has 1 amide bonds. The lowest BCUT2D eigenvalue weighted by atomic mass is 9.75. The standard InChI is InChI=1S/C17H19ClFN3O2/c1-22-9-12(8-20-22)17(11-4-14(23)5-11)21-16(24)6-10-2-3-13(19)7-15(10)18/h2-3,7-9,11,14,17,23H,4-6H2,1H3,(H,21,24)/t11?,14?,17-/m0/s1. The molecule has 0 bridgehead atoms. The van der Waals surface area contributed by atoms with Crippen LogP contribution in [0.15, 0.2) is 30.6 Å². The van der Waals surface area contributed by atoms with Crippen LogP contribution < -0.4 is 5.32 Å². The molecule has 0 radical (unpaired) electrons. The van der Waals surface area contributed by atoms with Gasteiger partial charge in [0.2, 0.25) is 5.91 Å². The van der Waals surface area contributed by atoms with E-state index in [2.05, 4.69) is 10.4 Å². The van der Waals surface area contributed by atoms with Gasteiger partial charge in [0.1, 0.15) is 5.82 Å². The zero-order chi connectivity index (χ0) is 17.3. The van der Waals surface area contributed by atoms with Gasteiger partial charge in [-0.1, -0.05) is 17.7 Å². The lowest BCUT2D eigenvalue weighted by Crippen LogP contribution is -2.41. The number of nitrogens with one attached hydrogen (secondary N) is 1. The molecule has 2 aromatic rings. The average molecular weight is 352 g/mol. The number of nitrogens with zero attached hydrogens (tertiary/aromatic N) is 2. The van der Waals surface area contributed by atoms with E-state index in [9.17, 15) is 14.3 Å². The van der Waals surface area contributed by atoms with Crippen LogP contribution in [0.25, 0.3) is 0 Å². The third-order valence-corrected chi connectivity index (χ3v) is 4.74. The number of aliphatic hydroxyl groups excluding tert-OH is 1. The van der Waals surface area contributed by atoms with E-state index in [1.807, 2.05) is 13.2 Å². The fourth-order valence-electron chi connectivity index (χ4n) is 3.04. The van der Waals surface area contributed by atoms with Crippen LogP contribution in [0, 0.1) is 11.7 Å². The molecule has 1 aromatic heterocycles. The molecule has 0 unspecified atom stereocenters. The Balaban J connectivity index is 1.71. The Morgan fingerprint density at radius 2 is 2.29 bits per heavy atom. The van der Waals surface area contributed by atoms with Crippen LogP contribution in [0.4, 0.5) is 4.39 Å². The number of aromatic nitrogens is 2. The summed E-state index contributed by atoms with van der Waals surface area (Å²) in [5, 5.41) is 17.0. The van der Waals surface area contributed by atoms with Gasteiger partial charge in [-0.05, 0) is 36.5 Å². The second-order valence-electron chi connectivity index (χ2n) is 6.29. The molecule has 1 aromatic carbocycles. The highest BCUT2D eigenvalue weighted by atomic mass is 35.5. The second-order valence-corrected chi connectivity index (χ2v) is 6.70. The summed E-state index contributed by atoms with van der Waals surface area (Å²) in [5.41, 5.74) is 1.49. The zero-order valence-corrected chi connectivity index (χ0v) is 14.0. The van der Waals surface area contributed by atoms with Crippen LogP contribution in [0.2, 0.25) is 5.02 Å². The van der Waals surface area contributed by atoms with Crippen LogP contribution in [-0.4, -0.2) is 26.9 Å². The third-order valence-electron chi connectivity index (χ3n) is 4.39. The predicted molar refractivity (Wildman–Crippen MR) is 87.9 cm³/mol. The van der Waals surface area contributed by atoms with E-state index in [4.69, 9.17) is 11.6 Å². The summed E-state index contributed by atoms with van der Waals surface area (Å²) < 4.78 is 14.8. The Hall–Kier alpha value is -1.92. The van der Waals surface area contributed by atoms with Gasteiger partial charge < -0.3 is 10.4 Å². The van der Waals surface area contributed by atoms with Crippen LogP contribution >= 0.6 is 11.6 Å². The number of amides is 1. The molecule has 7 heteroatoms. The van der Waals surface area contributed by atoms with E-state index in [1.54, 1.807) is 10.9 Å². The van der Waals surface area contributed by atoms with Gasteiger partial charge in [-0.25, -0.2) is 4.39 Å². The van der Waals surface area contributed by atoms with Gasteiger partial charge in [-0.3, -0.25) is 9.48 Å². The summed E-state index contributed by atoms with van der Waals surface area (Å²) in [6, 6.07) is 3.80. The van der Waals surface area contributed by atoms with E-state index in [0.717, 1.165) is 5.56 Å². The van der Waals surface area contributed by atoms with Crippen molar-refractivity contribution in [1.82, 2.24) is 15.1 Å². The molecule has 1 saturated carbocycles. The first-order valence-electron chi connectivity index (χ1n) is 7.82. The summed E-state index contributed by atoms with van der Waals surface area (Å²) >= 11 is 5.98. The second kappa shape index (κ2) is 6.91. The van der Waals surface area contributed by atoms with Crippen molar-refractivity contribution in [2.75, 3.05) is 0 Å². The Labute approximate surface area is 144 Å². The Kier molecular flexibility index (Phi) is 4.87. The van der Waals surface area contributed by atoms with Crippen molar-refractivity contribution >= 4 is 17.5 Å². The van der Waals surface area contributed by atoms with E-state index in [1.165, 1.54) is 18.2 Å². The monoisotopic (exact) mass is 351 g/mol. The molecule has 1 fully saturated rings. The number of carbonyl (C=O) groups excluding carboxylic acids is 1. The molecular formula is C17H19ClFN3O2. The van der Waals surface area contributed by atoms with Crippen molar-refractivity contribution in [2.24, 2.45) is 13.0 Å². The fourth-order valence-corrected chi connectivity index (χ4v) is 3.27. The van der Waals surface area contributed by atoms with Gasteiger partial charge >= 0.3 is 0 Å². The highest BCUT2D eigenvalue weighted by molar-refractivity contribution is 6.31. The van der Waals surface area contributed by atoms with Crippen LogP contribution in [0.5, 0.6) is 0 Å². The molecule has 1 aliphatic rings. The number of aliphatic hydroxyl groups is 1. The van der Waals surface area contributed by atoms with Gasteiger partial charge in [-0.2, -0.15) is 5.10 Å². The molecule has 0 spiro atoms. The number of aryl methyl sites for hydroxylation is 1. The van der Waals surface area contributed by atoms with Gasteiger partial charge in [0, 0.05) is 23.8 Å². The zero-order valence-electron chi connectivity index (χ0n) is 13.2. The fraction of sp³-hybridized carbons (Fsp3) is 0.412. The highest BCUT2D eigenvalue weighted by Gasteiger charge is 2.36. The molecule has 0 saturated heterocycles. The summed E-state index contributed by atoms with van der Waals surface area (Å²) in [4.78, 5) is 12.4. The van der Waals surface area contributed by atoms with Crippen molar-refractivity contribution in [3.8, 4) is 0 Å². The van der Waals surface area contributed by atoms with Crippen LogP contribution in [-0.2, 0) is 18.3 Å². The Morgan fingerprint density at radius 1 is 1.54 bits per heavy atom. The Bertz CT molecular complexity index is 743. The van der Waals surface area contributed by atoms with Crippen LogP contribution in [0.1, 0.15) is 30.0 Å². The average Bonchev–Trinajstić information content (AvgIpc) is 2.91. The number of hydrogen-bond donors (Lipinski definition) is 2. The van der Waals surface area contributed by atoms with Gasteiger partial charge in [0.15, 0.2) is 0 Å². The molecule has 24 heavy (non-hydrogen) atoms. The van der Waals surface area contributed by atoms with Gasteiger partial charge in [-0.15, -0.1) is 0 Å². The minimum atomic E-state index is -0.430. The van der Waals surface area contributed by atoms with Gasteiger partial charge in [0.25, 0.3) is 0 Å². The summed E-state index contributed by atoms with van der Waals surface area (Å²) in [6.07, 6.45) is 4.65. The van der Waals surface area contributed by atoms with Crippen molar-refractivity contribution in [3.05, 3.63) is 52.6 Å². The maximum atomic E-state index is 13.1. The third kappa shape index (κ3) is 3.76. The first kappa shape index (κ1) is 16.9. The molecule has 1 aliphatic carbocycles. The maximum Gasteiger partial charge on any atom is 0.224 e. The number of benzene rings is 1. The van der Waals surface area contributed by atoms with E-state index < -0.39 is 5.82 Å². The topological polar surface area (TPSA) is 67.2 Å². The Morgan fingerprint density at radius 3 is 2.88 bits per heavy atom. The number of hydrogen-bond acceptors (Lipinski definition) is 3. The summed E-state index contributed by atoms with van der Waals surface area (Å²) in [7, 11) is 1.82. The normalized spacial score (nSPS) is 21.2. The lowest BCUT2D eigenvalue weighted by Gasteiger charge is -2.37. The van der Waals surface area contributed by atoms with E-state index in [0.29, 0.717) is 18.4 Å². The smallest absolute Gasteiger partial charge is 0.224 e. The van der Waals surface area contributed by atoms with Gasteiger partial charge in [0.05, 0.1) is 24.8 Å². The maximum absolute atomic E-state index is 13.1. The first-order chi connectivity index (χ1) is 11.4. The van der Waals surface area contributed by atoms with Crippen molar-refractivity contribution in [2.45, 2.75) is 31.4 Å². The molecular weight excluding hydrogens is 333 g/mol. The molecule has 1 heterocycles. The first-order valence-corrected chi connectivity index (χ1v) is 8.20. The minimum Gasteiger partial charge on any atom is -0.393 e. The largest absolute Gasteiger partial charge is 0.393 e. The SMILES string of the molecule is Cn1cc([C@@H](NC(=O)Cc2ccc(F)cc2Cl)C2CC(O)C2)cn1. The van der Waals surface area contributed by atoms with Crippen LogP contribution in [0.3, 0.4) is 0 Å². The molecule has 1 atom stereocenters. The highest BCUT2D eigenvalue weighted by Crippen LogP contribution is 2.38. The molecule has 2 N–H and O–H groups in total. The number of rotatable bonds is 5. The van der Waals surface area contributed by atoms with E-state index in [-0.39, 0.29) is 35.4 Å². The molecule has 128 valence electrons. The lowest BCUT2D eigenvalue weighted by molar-refractivity contribution is -0.122.